The maximum absolute atomic E-state index is 4.49. The fraction of sp³-hybridized carbons (Fsp3) is 0.412. The van der Waals surface area contributed by atoms with Crippen LogP contribution in [0.15, 0.2) is 30.5 Å². The highest BCUT2D eigenvalue weighted by Gasteiger charge is 2.04. The van der Waals surface area contributed by atoms with E-state index in [4.69, 9.17) is 0 Å². The fourth-order valence-corrected chi connectivity index (χ4v) is 2.07. The summed E-state index contributed by atoms with van der Waals surface area (Å²) in [5.74, 6) is 2.12. The summed E-state index contributed by atoms with van der Waals surface area (Å²) in [4.78, 5) is 8.74. The molecule has 4 heteroatoms. The van der Waals surface area contributed by atoms with Crippen LogP contribution in [-0.2, 0) is 6.54 Å². The second kappa shape index (κ2) is 7.07. The minimum absolute atomic E-state index is 0.568. The first-order valence-corrected chi connectivity index (χ1v) is 7.50. The van der Waals surface area contributed by atoms with Crippen LogP contribution in [0, 0.1) is 6.92 Å². The lowest BCUT2D eigenvalue weighted by atomic mass is 10.0. The van der Waals surface area contributed by atoms with Crippen molar-refractivity contribution in [2.45, 2.75) is 40.2 Å². The molecule has 112 valence electrons. The second-order valence-electron chi connectivity index (χ2n) is 5.51. The van der Waals surface area contributed by atoms with E-state index in [1.165, 1.54) is 11.1 Å². The molecule has 0 fully saturated rings. The minimum atomic E-state index is 0.568. The fourth-order valence-electron chi connectivity index (χ4n) is 2.07. The molecule has 0 atom stereocenters. The summed E-state index contributed by atoms with van der Waals surface area (Å²) in [7, 11) is 0. The molecule has 0 aliphatic heterocycles. The van der Waals surface area contributed by atoms with Gasteiger partial charge in [-0.2, -0.15) is 4.98 Å². The summed E-state index contributed by atoms with van der Waals surface area (Å²) in [5.41, 5.74) is 3.67. The Hall–Kier alpha value is -2.10. The van der Waals surface area contributed by atoms with Gasteiger partial charge < -0.3 is 10.6 Å². The average molecular weight is 284 g/mol. The molecular weight excluding hydrogens is 260 g/mol. The number of rotatable bonds is 6. The Morgan fingerprint density at radius 1 is 1.10 bits per heavy atom. The minimum Gasteiger partial charge on any atom is -0.366 e. The predicted molar refractivity (Wildman–Crippen MR) is 88.8 cm³/mol. The maximum atomic E-state index is 4.49. The third kappa shape index (κ3) is 4.18. The molecule has 0 amide bonds. The molecule has 0 aliphatic rings. The van der Waals surface area contributed by atoms with E-state index in [1.54, 1.807) is 0 Å². The Balaban J connectivity index is 2.03. The first kappa shape index (κ1) is 15.3. The van der Waals surface area contributed by atoms with E-state index >= 15 is 0 Å². The zero-order chi connectivity index (χ0) is 15.2. The standard InChI is InChI=1S/C17H24N4/c1-5-18-17-20-10-13(4)16(21-17)19-11-14-6-8-15(9-7-14)12(2)3/h6-10,12H,5,11H2,1-4H3,(H2,18,19,20,21). The highest BCUT2D eigenvalue weighted by molar-refractivity contribution is 5.46. The Kier molecular flexibility index (Phi) is 5.14. The van der Waals surface area contributed by atoms with Gasteiger partial charge in [0.1, 0.15) is 5.82 Å². The highest BCUT2D eigenvalue weighted by atomic mass is 15.1. The number of aromatic nitrogens is 2. The molecule has 0 saturated carbocycles. The number of nitrogens with one attached hydrogen (secondary N) is 2. The van der Waals surface area contributed by atoms with E-state index in [2.05, 4.69) is 58.7 Å². The Morgan fingerprint density at radius 2 is 1.81 bits per heavy atom. The van der Waals surface area contributed by atoms with Crippen LogP contribution in [0.4, 0.5) is 11.8 Å². The molecule has 0 aliphatic carbocycles. The molecular formula is C17H24N4. The SMILES string of the molecule is CCNc1ncc(C)c(NCc2ccc(C(C)C)cc2)n1. The molecule has 1 heterocycles. The monoisotopic (exact) mass is 284 g/mol. The Labute approximate surface area is 127 Å². The van der Waals surface area contributed by atoms with E-state index in [0.29, 0.717) is 11.9 Å². The predicted octanol–water partition coefficient (Wildman–Crippen LogP) is 3.95. The van der Waals surface area contributed by atoms with Crippen LogP contribution in [0.5, 0.6) is 0 Å². The quantitative estimate of drug-likeness (QED) is 0.843. The summed E-state index contributed by atoms with van der Waals surface area (Å²) in [5, 5.41) is 6.52. The molecule has 1 aromatic carbocycles. The zero-order valence-electron chi connectivity index (χ0n) is 13.3. The lowest BCUT2D eigenvalue weighted by Gasteiger charge is -2.11. The van der Waals surface area contributed by atoms with Crippen molar-refractivity contribution in [2.24, 2.45) is 0 Å². The van der Waals surface area contributed by atoms with Gasteiger partial charge in [-0.15, -0.1) is 0 Å². The summed E-state index contributed by atoms with van der Waals surface area (Å²) in [6.07, 6.45) is 1.84. The van der Waals surface area contributed by atoms with Crippen molar-refractivity contribution in [3.05, 3.63) is 47.2 Å². The van der Waals surface area contributed by atoms with Crippen LogP contribution in [0.25, 0.3) is 0 Å². The van der Waals surface area contributed by atoms with Gasteiger partial charge in [0.2, 0.25) is 5.95 Å². The molecule has 4 nitrogen and oxygen atoms in total. The van der Waals surface area contributed by atoms with E-state index in [1.807, 2.05) is 20.0 Å². The molecule has 21 heavy (non-hydrogen) atoms. The molecule has 0 saturated heterocycles. The van der Waals surface area contributed by atoms with Crippen LogP contribution < -0.4 is 10.6 Å². The van der Waals surface area contributed by atoms with Crippen LogP contribution in [0.3, 0.4) is 0 Å². The molecule has 1 aromatic heterocycles. The van der Waals surface area contributed by atoms with Crippen molar-refractivity contribution < 1.29 is 0 Å². The third-order valence-corrected chi connectivity index (χ3v) is 3.41. The third-order valence-electron chi connectivity index (χ3n) is 3.41. The number of benzene rings is 1. The van der Waals surface area contributed by atoms with Crippen molar-refractivity contribution in [3.8, 4) is 0 Å². The lowest BCUT2D eigenvalue weighted by Crippen LogP contribution is -2.08. The highest BCUT2D eigenvalue weighted by Crippen LogP contribution is 2.17. The van der Waals surface area contributed by atoms with Crippen LogP contribution in [0.1, 0.15) is 43.4 Å². The van der Waals surface area contributed by atoms with Gasteiger partial charge in [-0.05, 0) is 30.9 Å². The van der Waals surface area contributed by atoms with Gasteiger partial charge in [-0.1, -0.05) is 38.1 Å². The smallest absolute Gasteiger partial charge is 0.224 e. The molecule has 0 bridgehead atoms. The van der Waals surface area contributed by atoms with Gasteiger partial charge in [0.25, 0.3) is 0 Å². The Bertz CT molecular complexity index is 576. The van der Waals surface area contributed by atoms with Crippen molar-refractivity contribution >= 4 is 11.8 Å². The second-order valence-corrected chi connectivity index (χ2v) is 5.51. The topological polar surface area (TPSA) is 49.8 Å². The zero-order valence-corrected chi connectivity index (χ0v) is 13.3. The first-order chi connectivity index (χ1) is 10.1. The van der Waals surface area contributed by atoms with Gasteiger partial charge >= 0.3 is 0 Å². The van der Waals surface area contributed by atoms with Crippen molar-refractivity contribution in [1.82, 2.24) is 9.97 Å². The lowest BCUT2D eigenvalue weighted by molar-refractivity contribution is 0.865. The molecule has 0 radical (unpaired) electrons. The van der Waals surface area contributed by atoms with E-state index < -0.39 is 0 Å². The van der Waals surface area contributed by atoms with Crippen LogP contribution in [0.2, 0.25) is 0 Å². The molecule has 0 unspecified atom stereocenters. The molecule has 0 spiro atoms. The molecule has 2 N–H and O–H groups in total. The number of hydrogen-bond acceptors (Lipinski definition) is 4. The normalized spacial score (nSPS) is 10.7. The summed E-state index contributed by atoms with van der Waals surface area (Å²) in [6, 6.07) is 8.73. The van der Waals surface area contributed by atoms with E-state index in [-0.39, 0.29) is 0 Å². The van der Waals surface area contributed by atoms with Gasteiger partial charge in [-0.3, -0.25) is 0 Å². The van der Waals surface area contributed by atoms with Crippen molar-refractivity contribution in [1.29, 1.82) is 0 Å². The van der Waals surface area contributed by atoms with E-state index in [0.717, 1.165) is 24.5 Å². The van der Waals surface area contributed by atoms with Gasteiger partial charge in [0, 0.05) is 24.8 Å². The summed E-state index contributed by atoms with van der Waals surface area (Å²) < 4.78 is 0. The van der Waals surface area contributed by atoms with Crippen molar-refractivity contribution in [2.75, 3.05) is 17.2 Å². The first-order valence-electron chi connectivity index (χ1n) is 7.50. The van der Waals surface area contributed by atoms with Gasteiger partial charge in [0.05, 0.1) is 0 Å². The number of hydrogen-bond donors (Lipinski definition) is 2. The number of anilines is 2. The maximum Gasteiger partial charge on any atom is 0.224 e. The molecule has 2 aromatic rings. The number of aryl methyl sites for hydroxylation is 1. The van der Waals surface area contributed by atoms with Crippen LogP contribution in [-0.4, -0.2) is 16.5 Å². The summed E-state index contributed by atoms with van der Waals surface area (Å²) in [6.45, 7) is 10.0. The van der Waals surface area contributed by atoms with E-state index in [9.17, 15) is 0 Å². The van der Waals surface area contributed by atoms with Gasteiger partial charge in [0.15, 0.2) is 0 Å². The summed E-state index contributed by atoms with van der Waals surface area (Å²) >= 11 is 0. The number of nitrogens with zero attached hydrogens (tertiary/aromatic N) is 2. The van der Waals surface area contributed by atoms with Crippen molar-refractivity contribution in [3.63, 3.8) is 0 Å². The Morgan fingerprint density at radius 3 is 2.43 bits per heavy atom. The average Bonchev–Trinajstić information content (AvgIpc) is 2.48. The van der Waals surface area contributed by atoms with Crippen LogP contribution >= 0.6 is 0 Å². The molecule has 2 rings (SSSR count). The van der Waals surface area contributed by atoms with Gasteiger partial charge in [-0.25, -0.2) is 4.98 Å². The largest absolute Gasteiger partial charge is 0.366 e.